The Bertz CT molecular complexity index is 620. The van der Waals surface area contributed by atoms with Gasteiger partial charge < -0.3 is 9.88 Å². The zero-order valence-corrected chi connectivity index (χ0v) is 14.3. The molecule has 3 nitrogen and oxygen atoms in total. The van der Waals surface area contributed by atoms with Gasteiger partial charge in [0.25, 0.3) is 0 Å². The number of hydrogen-bond acceptors (Lipinski definition) is 2. The van der Waals surface area contributed by atoms with Crippen LogP contribution in [-0.2, 0) is 0 Å². The van der Waals surface area contributed by atoms with Gasteiger partial charge in [-0.3, -0.25) is 0 Å². The first-order valence-corrected chi connectivity index (χ1v) is 7.88. The van der Waals surface area contributed by atoms with Crippen LogP contribution in [0.15, 0.2) is 24.4 Å². The molecule has 0 aliphatic carbocycles. The molecule has 0 saturated heterocycles. The number of nitrogens with zero attached hydrogens (tertiary/aromatic N) is 2. The van der Waals surface area contributed by atoms with E-state index in [0.717, 1.165) is 23.8 Å². The lowest BCUT2D eigenvalue weighted by Gasteiger charge is -2.19. The molecule has 2 rings (SSSR count). The molecule has 1 unspecified atom stereocenters. The number of anilines is 1. The second-order valence-electron chi connectivity index (χ2n) is 5.73. The van der Waals surface area contributed by atoms with Gasteiger partial charge in [-0.2, -0.15) is 0 Å². The standard InChI is InChI=1S/C16H21Cl2N3/c1-10(2)8-19-16-20-11(3)9-21(16)12(4)14-6-5-13(17)7-15(14)18/h5-7,9-10,12H,8H2,1-4H3,(H,19,20). The average Bonchev–Trinajstić information content (AvgIpc) is 2.77. The topological polar surface area (TPSA) is 29.9 Å². The van der Waals surface area contributed by atoms with Crippen molar-refractivity contribution in [1.82, 2.24) is 9.55 Å². The van der Waals surface area contributed by atoms with E-state index in [1.807, 2.05) is 25.3 Å². The van der Waals surface area contributed by atoms with E-state index in [0.29, 0.717) is 16.0 Å². The molecule has 5 heteroatoms. The molecule has 0 saturated carbocycles. The van der Waals surface area contributed by atoms with Crippen molar-refractivity contribution in [2.45, 2.75) is 33.7 Å². The summed E-state index contributed by atoms with van der Waals surface area (Å²) < 4.78 is 2.12. The Morgan fingerprint density at radius 2 is 1.95 bits per heavy atom. The van der Waals surface area contributed by atoms with E-state index in [4.69, 9.17) is 23.2 Å². The fourth-order valence-electron chi connectivity index (χ4n) is 2.23. The van der Waals surface area contributed by atoms with Gasteiger partial charge in [-0.15, -0.1) is 0 Å². The summed E-state index contributed by atoms with van der Waals surface area (Å²) in [6.07, 6.45) is 2.04. The minimum absolute atomic E-state index is 0.0885. The first-order chi connectivity index (χ1) is 9.88. The molecular weight excluding hydrogens is 305 g/mol. The Kier molecular flexibility index (Phi) is 5.17. The summed E-state index contributed by atoms with van der Waals surface area (Å²) in [4.78, 5) is 4.56. The Hall–Kier alpha value is -1.19. The molecule has 21 heavy (non-hydrogen) atoms. The van der Waals surface area contributed by atoms with E-state index in [1.54, 1.807) is 6.07 Å². The predicted octanol–water partition coefficient (Wildman–Crippen LogP) is 5.18. The summed E-state index contributed by atoms with van der Waals surface area (Å²) in [5, 5.41) is 4.72. The fourth-order valence-corrected chi connectivity index (χ4v) is 2.79. The molecule has 1 aromatic carbocycles. The van der Waals surface area contributed by atoms with Crippen molar-refractivity contribution < 1.29 is 0 Å². The Balaban J connectivity index is 2.31. The van der Waals surface area contributed by atoms with Gasteiger partial charge >= 0.3 is 0 Å². The zero-order chi connectivity index (χ0) is 15.6. The molecule has 1 heterocycles. The summed E-state index contributed by atoms with van der Waals surface area (Å²) in [6.45, 7) is 9.33. The number of imidazole rings is 1. The highest BCUT2D eigenvalue weighted by molar-refractivity contribution is 6.35. The molecule has 1 aromatic heterocycles. The highest BCUT2D eigenvalue weighted by atomic mass is 35.5. The number of nitrogens with one attached hydrogen (secondary N) is 1. The molecule has 1 N–H and O–H groups in total. The second-order valence-corrected chi connectivity index (χ2v) is 6.57. The molecular formula is C16H21Cl2N3. The molecule has 0 aliphatic rings. The number of hydrogen-bond donors (Lipinski definition) is 1. The van der Waals surface area contributed by atoms with Crippen molar-refractivity contribution in [3.63, 3.8) is 0 Å². The maximum Gasteiger partial charge on any atom is 0.203 e. The van der Waals surface area contributed by atoms with E-state index in [-0.39, 0.29) is 6.04 Å². The van der Waals surface area contributed by atoms with Crippen LogP contribution in [0, 0.1) is 12.8 Å². The molecule has 0 radical (unpaired) electrons. The van der Waals surface area contributed by atoms with Gasteiger partial charge in [0.05, 0.1) is 11.7 Å². The number of halogens is 2. The third-order valence-corrected chi connectivity index (χ3v) is 3.91. The molecule has 0 bridgehead atoms. The van der Waals surface area contributed by atoms with Crippen LogP contribution in [0.5, 0.6) is 0 Å². The number of benzene rings is 1. The van der Waals surface area contributed by atoms with Crippen LogP contribution >= 0.6 is 23.2 Å². The van der Waals surface area contributed by atoms with E-state index in [1.165, 1.54) is 0 Å². The number of aromatic nitrogens is 2. The molecule has 114 valence electrons. The van der Waals surface area contributed by atoms with Gasteiger partial charge in [0.1, 0.15) is 0 Å². The molecule has 0 spiro atoms. The van der Waals surface area contributed by atoms with Crippen LogP contribution in [0.4, 0.5) is 5.95 Å². The lowest BCUT2D eigenvalue weighted by Crippen LogP contribution is -2.15. The summed E-state index contributed by atoms with van der Waals surface area (Å²) in [5.74, 6) is 1.43. The van der Waals surface area contributed by atoms with Gasteiger partial charge in [0.2, 0.25) is 5.95 Å². The zero-order valence-electron chi connectivity index (χ0n) is 12.8. The molecule has 0 aliphatic heterocycles. The monoisotopic (exact) mass is 325 g/mol. The lowest BCUT2D eigenvalue weighted by atomic mass is 10.1. The summed E-state index contributed by atoms with van der Waals surface area (Å²) >= 11 is 12.3. The molecule has 0 amide bonds. The third-order valence-electron chi connectivity index (χ3n) is 3.35. The average molecular weight is 326 g/mol. The van der Waals surface area contributed by atoms with Gasteiger partial charge in [0, 0.05) is 22.8 Å². The van der Waals surface area contributed by atoms with Gasteiger partial charge in [-0.1, -0.05) is 43.1 Å². The maximum atomic E-state index is 6.32. The normalized spacial score (nSPS) is 12.7. The van der Waals surface area contributed by atoms with E-state index in [2.05, 4.69) is 35.6 Å². The third kappa shape index (κ3) is 3.92. The molecule has 2 aromatic rings. The summed E-state index contributed by atoms with van der Waals surface area (Å²) in [5.41, 5.74) is 2.02. The van der Waals surface area contributed by atoms with Crippen molar-refractivity contribution in [2.75, 3.05) is 11.9 Å². The van der Waals surface area contributed by atoms with Gasteiger partial charge in [0.15, 0.2) is 0 Å². The smallest absolute Gasteiger partial charge is 0.203 e. The highest BCUT2D eigenvalue weighted by Crippen LogP contribution is 2.30. The maximum absolute atomic E-state index is 6.32. The van der Waals surface area contributed by atoms with E-state index < -0.39 is 0 Å². The quantitative estimate of drug-likeness (QED) is 0.821. The Morgan fingerprint density at radius 1 is 1.24 bits per heavy atom. The van der Waals surface area contributed by atoms with Crippen molar-refractivity contribution in [3.05, 3.63) is 45.7 Å². The summed E-state index contributed by atoms with van der Waals surface area (Å²) in [7, 11) is 0. The van der Waals surface area contributed by atoms with E-state index >= 15 is 0 Å². The van der Waals surface area contributed by atoms with Crippen LogP contribution in [-0.4, -0.2) is 16.1 Å². The number of aryl methyl sites for hydroxylation is 1. The largest absolute Gasteiger partial charge is 0.355 e. The second kappa shape index (κ2) is 6.71. The first-order valence-electron chi connectivity index (χ1n) is 7.12. The van der Waals surface area contributed by atoms with Crippen molar-refractivity contribution in [1.29, 1.82) is 0 Å². The summed E-state index contributed by atoms with van der Waals surface area (Å²) in [6, 6.07) is 5.70. The highest BCUT2D eigenvalue weighted by Gasteiger charge is 2.16. The first kappa shape index (κ1) is 16.2. The Morgan fingerprint density at radius 3 is 2.57 bits per heavy atom. The molecule has 1 atom stereocenters. The van der Waals surface area contributed by atoms with Crippen LogP contribution in [0.25, 0.3) is 0 Å². The Labute approximate surface area is 136 Å². The van der Waals surface area contributed by atoms with Crippen molar-refractivity contribution >= 4 is 29.2 Å². The minimum Gasteiger partial charge on any atom is -0.355 e. The van der Waals surface area contributed by atoms with Crippen molar-refractivity contribution in [2.24, 2.45) is 5.92 Å². The lowest BCUT2D eigenvalue weighted by molar-refractivity contribution is 0.628. The van der Waals surface area contributed by atoms with Gasteiger partial charge in [-0.05, 0) is 37.5 Å². The van der Waals surface area contributed by atoms with E-state index in [9.17, 15) is 0 Å². The van der Waals surface area contributed by atoms with Crippen LogP contribution in [0.3, 0.4) is 0 Å². The van der Waals surface area contributed by atoms with Gasteiger partial charge in [-0.25, -0.2) is 4.98 Å². The molecule has 0 fully saturated rings. The van der Waals surface area contributed by atoms with Crippen LogP contribution in [0.2, 0.25) is 10.0 Å². The van der Waals surface area contributed by atoms with Crippen molar-refractivity contribution in [3.8, 4) is 0 Å². The predicted molar refractivity (Wildman–Crippen MR) is 90.6 cm³/mol. The van der Waals surface area contributed by atoms with Crippen LogP contribution in [0.1, 0.15) is 38.1 Å². The minimum atomic E-state index is 0.0885. The number of rotatable bonds is 5. The SMILES string of the molecule is Cc1cn(C(C)c2ccc(Cl)cc2Cl)c(NCC(C)C)n1. The van der Waals surface area contributed by atoms with Crippen LogP contribution < -0.4 is 5.32 Å². The fraction of sp³-hybridized carbons (Fsp3) is 0.438.